The number of hydrogen-bond acceptors (Lipinski definition) is 2. The minimum Gasteiger partial charge on any atom is -0.338 e. The average molecular weight is 337 g/mol. The van der Waals surface area contributed by atoms with Crippen LogP contribution in [0.15, 0.2) is 36.4 Å². The molecule has 0 radical (unpaired) electrons. The molecule has 0 heterocycles. The first-order valence-electron chi connectivity index (χ1n) is 7.02. The normalized spacial score (nSPS) is 10.2. The van der Waals surface area contributed by atoms with Crippen LogP contribution in [0.4, 0.5) is 29.3 Å². The van der Waals surface area contributed by atoms with Crippen LogP contribution in [0.25, 0.3) is 0 Å². The van der Waals surface area contributed by atoms with Gasteiger partial charge in [-0.1, -0.05) is 6.07 Å². The van der Waals surface area contributed by atoms with Crippen molar-refractivity contribution in [1.29, 1.82) is 0 Å². The van der Waals surface area contributed by atoms with Crippen molar-refractivity contribution in [1.82, 2.24) is 5.32 Å². The quantitative estimate of drug-likeness (QED) is 0.748. The number of urea groups is 1. The largest absolute Gasteiger partial charge is 0.338 e. The van der Waals surface area contributed by atoms with E-state index in [1.807, 2.05) is 0 Å². The van der Waals surface area contributed by atoms with Gasteiger partial charge in [-0.05, 0) is 37.3 Å². The Morgan fingerprint density at radius 1 is 0.958 bits per heavy atom. The lowest BCUT2D eigenvalue weighted by atomic mass is 10.1. The zero-order valence-corrected chi connectivity index (χ0v) is 12.6. The number of amides is 3. The van der Waals surface area contributed by atoms with Gasteiger partial charge in [-0.25, -0.2) is 18.0 Å². The number of anilines is 2. The molecule has 2 aromatic carbocycles. The summed E-state index contributed by atoms with van der Waals surface area (Å²) in [7, 11) is 0. The summed E-state index contributed by atoms with van der Waals surface area (Å²) in [6, 6.07) is 6.75. The van der Waals surface area contributed by atoms with Crippen LogP contribution in [0.5, 0.6) is 0 Å². The summed E-state index contributed by atoms with van der Waals surface area (Å²) < 4.78 is 40.4. The fourth-order valence-corrected chi connectivity index (χ4v) is 1.94. The van der Waals surface area contributed by atoms with E-state index in [-0.39, 0.29) is 5.69 Å². The molecule has 0 saturated heterocycles. The molecule has 2 rings (SSSR count). The van der Waals surface area contributed by atoms with Crippen molar-refractivity contribution in [2.24, 2.45) is 0 Å². The van der Waals surface area contributed by atoms with Crippen molar-refractivity contribution in [3.8, 4) is 0 Å². The molecule has 0 aliphatic rings. The van der Waals surface area contributed by atoms with E-state index in [9.17, 15) is 22.8 Å². The second kappa shape index (κ2) is 7.49. The third-order valence-electron chi connectivity index (χ3n) is 2.99. The van der Waals surface area contributed by atoms with Crippen molar-refractivity contribution < 1.29 is 22.8 Å². The number of carbonyl (C=O) groups excluding carboxylic acids is 2. The Morgan fingerprint density at radius 2 is 1.58 bits per heavy atom. The number of carbonyl (C=O) groups is 2. The molecule has 0 aliphatic carbocycles. The molecule has 0 bridgehead atoms. The zero-order chi connectivity index (χ0) is 17.7. The van der Waals surface area contributed by atoms with Gasteiger partial charge in [0.15, 0.2) is 11.6 Å². The van der Waals surface area contributed by atoms with Crippen LogP contribution >= 0.6 is 0 Å². The Hall–Kier alpha value is -3.03. The first kappa shape index (κ1) is 17.3. The Kier molecular flexibility index (Phi) is 5.41. The molecule has 8 heteroatoms. The molecule has 0 aliphatic heterocycles. The van der Waals surface area contributed by atoms with E-state index >= 15 is 0 Å². The van der Waals surface area contributed by atoms with E-state index in [1.54, 1.807) is 13.0 Å². The summed E-state index contributed by atoms with van der Waals surface area (Å²) in [4.78, 5) is 23.4. The van der Waals surface area contributed by atoms with Gasteiger partial charge in [0, 0.05) is 17.9 Å². The van der Waals surface area contributed by atoms with Crippen molar-refractivity contribution in [3.05, 3.63) is 59.4 Å². The molecule has 0 fully saturated rings. The van der Waals surface area contributed by atoms with E-state index in [4.69, 9.17) is 0 Å². The van der Waals surface area contributed by atoms with Gasteiger partial charge in [-0.2, -0.15) is 0 Å². The highest BCUT2D eigenvalue weighted by Gasteiger charge is 2.21. The van der Waals surface area contributed by atoms with E-state index in [1.165, 1.54) is 18.2 Å². The standard InChI is InChI=1S/C16H14F3N3O2/c1-2-20-16(24)22-10-5-3-4-9(8-10)21-15(23)13-11(17)6-7-12(18)14(13)19/h3-8H,2H2,1H3,(H,21,23)(H2,20,22,24). The Balaban J connectivity index is 2.18. The highest BCUT2D eigenvalue weighted by molar-refractivity contribution is 6.05. The summed E-state index contributed by atoms with van der Waals surface area (Å²) in [5, 5.41) is 7.30. The Labute approximate surface area is 135 Å². The highest BCUT2D eigenvalue weighted by Crippen LogP contribution is 2.20. The van der Waals surface area contributed by atoms with Crippen LogP contribution in [0, 0.1) is 17.5 Å². The fourth-order valence-electron chi connectivity index (χ4n) is 1.94. The van der Waals surface area contributed by atoms with Gasteiger partial charge in [0.2, 0.25) is 0 Å². The lowest BCUT2D eigenvalue weighted by Gasteiger charge is -2.10. The fraction of sp³-hybridized carbons (Fsp3) is 0.125. The van der Waals surface area contributed by atoms with E-state index in [0.717, 1.165) is 0 Å². The molecule has 0 aromatic heterocycles. The van der Waals surface area contributed by atoms with Crippen LogP contribution in [0.1, 0.15) is 17.3 Å². The van der Waals surface area contributed by atoms with Crippen LogP contribution in [-0.4, -0.2) is 18.5 Å². The molecular formula is C16H14F3N3O2. The minimum atomic E-state index is -1.57. The van der Waals surface area contributed by atoms with Gasteiger partial charge in [-0.15, -0.1) is 0 Å². The maximum absolute atomic E-state index is 13.6. The maximum Gasteiger partial charge on any atom is 0.319 e. The molecule has 5 nitrogen and oxygen atoms in total. The Bertz CT molecular complexity index is 781. The second-order valence-corrected chi connectivity index (χ2v) is 4.74. The summed E-state index contributed by atoms with van der Waals surface area (Å²) >= 11 is 0. The van der Waals surface area contributed by atoms with Crippen LogP contribution in [0.3, 0.4) is 0 Å². The highest BCUT2D eigenvalue weighted by atomic mass is 19.2. The molecule has 0 atom stereocenters. The molecule has 0 saturated carbocycles. The molecule has 3 N–H and O–H groups in total. The van der Waals surface area contributed by atoms with Crippen LogP contribution in [-0.2, 0) is 0 Å². The minimum absolute atomic E-state index is 0.178. The molecule has 3 amide bonds. The summed E-state index contributed by atoms with van der Waals surface area (Å²) in [6.07, 6.45) is 0. The van der Waals surface area contributed by atoms with Gasteiger partial charge in [0.05, 0.1) is 0 Å². The molecule has 126 valence electrons. The molecule has 2 aromatic rings. The number of halogens is 3. The molecule has 0 spiro atoms. The molecule has 24 heavy (non-hydrogen) atoms. The number of hydrogen-bond donors (Lipinski definition) is 3. The molecule has 0 unspecified atom stereocenters. The first-order valence-corrected chi connectivity index (χ1v) is 7.02. The van der Waals surface area contributed by atoms with E-state index < -0.39 is 35.0 Å². The molecular weight excluding hydrogens is 323 g/mol. The average Bonchev–Trinajstić information content (AvgIpc) is 2.52. The zero-order valence-electron chi connectivity index (χ0n) is 12.6. The monoisotopic (exact) mass is 337 g/mol. The van der Waals surface area contributed by atoms with Crippen molar-refractivity contribution in [2.75, 3.05) is 17.2 Å². The van der Waals surface area contributed by atoms with Gasteiger partial charge in [0.25, 0.3) is 5.91 Å². The third-order valence-corrected chi connectivity index (χ3v) is 2.99. The third kappa shape index (κ3) is 4.03. The lowest BCUT2D eigenvalue weighted by Crippen LogP contribution is -2.28. The lowest BCUT2D eigenvalue weighted by molar-refractivity contribution is 0.101. The van der Waals surface area contributed by atoms with Gasteiger partial charge >= 0.3 is 6.03 Å². The van der Waals surface area contributed by atoms with E-state index in [2.05, 4.69) is 16.0 Å². The maximum atomic E-state index is 13.6. The first-order chi connectivity index (χ1) is 11.4. The van der Waals surface area contributed by atoms with E-state index in [0.29, 0.717) is 24.4 Å². The number of benzene rings is 2. The SMILES string of the molecule is CCNC(=O)Nc1cccc(NC(=O)c2c(F)ccc(F)c2F)c1. The van der Waals surface area contributed by atoms with Crippen molar-refractivity contribution >= 4 is 23.3 Å². The second-order valence-electron chi connectivity index (χ2n) is 4.74. The predicted octanol–water partition coefficient (Wildman–Crippen LogP) is 3.50. The topological polar surface area (TPSA) is 70.2 Å². The predicted molar refractivity (Wildman–Crippen MR) is 83.4 cm³/mol. The van der Waals surface area contributed by atoms with Gasteiger partial charge in [0.1, 0.15) is 11.4 Å². The van der Waals surface area contributed by atoms with Gasteiger partial charge in [-0.3, -0.25) is 4.79 Å². The summed E-state index contributed by atoms with van der Waals surface area (Å²) in [6.45, 7) is 2.18. The Morgan fingerprint density at radius 3 is 2.25 bits per heavy atom. The van der Waals surface area contributed by atoms with Crippen molar-refractivity contribution in [3.63, 3.8) is 0 Å². The number of rotatable bonds is 4. The summed E-state index contributed by atoms with van der Waals surface area (Å²) in [5.41, 5.74) is -0.478. The van der Waals surface area contributed by atoms with Crippen LogP contribution in [0.2, 0.25) is 0 Å². The van der Waals surface area contributed by atoms with Crippen LogP contribution < -0.4 is 16.0 Å². The summed E-state index contributed by atoms with van der Waals surface area (Å²) in [5.74, 6) is -5.21. The van der Waals surface area contributed by atoms with Gasteiger partial charge < -0.3 is 16.0 Å². The van der Waals surface area contributed by atoms with Crippen molar-refractivity contribution in [2.45, 2.75) is 6.92 Å². The number of nitrogens with one attached hydrogen (secondary N) is 3. The smallest absolute Gasteiger partial charge is 0.319 e.